The first-order chi connectivity index (χ1) is 10.6. The van der Waals surface area contributed by atoms with Crippen molar-refractivity contribution in [2.45, 2.75) is 50.5 Å². The predicted octanol–water partition coefficient (Wildman–Crippen LogP) is 3.38. The van der Waals surface area contributed by atoms with Crippen LogP contribution >= 0.6 is 11.6 Å². The highest BCUT2D eigenvalue weighted by molar-refractivity contribution is 6.30. The normalized spacial score (nSPS) is 27.3. The van der Waals surface area contributed by atoms with E-state index in [0.29, 0.717) is 11.6 Å². The van der Waals surface area contributed by atoms with E-state index in [4.69, 9.17) is 11.6 Å². The number of benzene rings is 1. The van der Waals surface area contributed by atoms with Crippen LogP contribution < -0.4 is 0 Å². The van der Waals surface area contributed by atoms with Gasteiger partial charge in [0.15, 0.2) is 0 Å². The van der Waals surface area contributed by atoms with Crippen LogP contribution in [0.4, 0.5) is 0 Å². The zero-order valence-electron chi connectivity index (χ0n) is 13.1. The number of aliphatic hydroxyl groups is 1. The molecule has 2 aliphatic rings. The summed E-state index contributed by atoms with van der Waals surface area (Å²) in [4.78, 5) is 15.3. The number of carbonyl (C=O) groups is 1. The third-order valence-corrected chi connectivity index (χ3v) is 5.76. The number of halogens is 1. The average molecular weight is 322 g/mol. The first kappa shape index (κ1) is 15.8. The first-order valence-corrected chi connectivity index (χ1v) is 8.62. The highest BCUT2D eigenvalue weighted by Gasteiger charge is 2.49. The summed E-state index contributed by atoms with van der Waals surface area (Å²) in [6.45, 7) is 2.98. The second kappa shape index (κ2) is 6.21. The summed E-state index contributed by atoms with van der Waals surface area (Å²) in [7, 11) is 0. The molecule has 4 heteroatoms. The number of carbonyl (C=O) groups excluding carboxylic acids is 1. The summed E-state index contributed by atoms with van der Waals surface area (Å²) in [6, 6.07) is 8.01. The topological polar surface area (TPSA) is 40.5 Å². The summed E-state index contributed by atoms with van der Waals surface area (Å²) in [5.74, 6) is 0.467. The lowest BCUT2D eigenvalue weighted by atomic mass is 9.63. The predicted molar refractivity (Wildman–Crippen MR) is 88.0 cm³/mol. The summed E-state index contributed by atoms with van der Waals surface area (Å²) in [6.07, 6.45) is 4.92. The monoisotopic (exact) mass is 321 g/mol. The van der Waals surface area contributed by atoms with Crippen molar-refractivity contribution in [3.05, 3.63) is 34.9 Å². The van der Waals surface area contributed by atoms with Gasteiger partial charge in [-0.15, -0.1) is 0 Å². The number of hydrogen-bond acceptors (Lipinski definition) is 2. The number of nitrogens with zero attached hydrogens (tertiary/aromatic N) is 1. The molecule has 0 unspecified atom stereocenters. The molecular formula is C18H24ClNO2. The molecule has 0 aromatic heterocycles. The molecule has 0 radical (unpaired) electrons. The third kappa shape index (κ3) is 2.65. The summed E-state index contributed by atoms with van der Waals surface area (Å²) >= 11 is 5.99. The molecule has 1 aliphatic carbocycles. The van der Waals surface area contributed by atoms with Gasteiger partial charge in [0.05, 0.1) is 5.41 Å². The Kier molecular flexibility index (Phi) is 4.47. The van der Waals surface area contributed by atoms with Crippen molar-refractivity contribution in [2.75, 3.05) is 13.2 Å². The molecule has 0 bridgehead atoms. The van der Waals surface area contributed by atoms with Gasteiger partial charge >= 0.3 is 0 Å². The minimum atomic E-state index is -0.365. The molecule has 120 valence electrons. The fourth-order valence-corrected chi connectivity index (χ4v) is 3.94. The Bertz CT molecular complexity index is 539. The van der Waals surface area contributed by atoms with Crippen LogP contribution in [0.3, 0.4) is 0 Å². The Hall–Kier alpha value is -1.06. The number of piperidine rings is 1. The maximum atomic E-state index is 13.3. The van der Waals surface area contributed by atoms with E-state index in [9.17, 15) is 9.90 Å². The quantitative estimate of drug-likeness (QED) is 0.927. The molecule has 1 saturated heterocycles. The van der Waals surface area contributed by atoms with Crippen molar-refractivity contribution in [3.8, 4) is 0 Å². The highest BCUT2D eigenvalue weighted by atomic mass is 35.5. The van der Waals surface area contributed by atoms with Crippen LogP contribution in [0.2, 0.25) is 5.02 Å². The lowest BCUT2D eigenvalue weighted by molar-refractivity contribution is -0.146. The highest BCUT2D eigenvalue weighted by Crippen LogP contribution is 2.46. The maximum Gasteiger partial charge on any atom is 0.233 e. The average Bonchev–Trinajstić information content (AvgIpc) is 2.48. The molecule has 1 saturated carbocycles. The molecule has 3 rings (SSSR count). The van der Waals surface area contributed by atoms with Crippen LogP contribution in [0.5, 0.6) is 0 Å². The standard InChI is InChI=1S/C18H24ClNO2/c1-13-3-4-14(12-21)11-20(13)17(22)18(9-2-10-18)15-5-7-16(19)8-6-15/h5-8,13-14,21H,2-4,9-12H2,1H3/t13-,14+/m0/s1. The maximum absolute atomic E-state index is 13.3. The molecule has 3 nitrogen and oxygen atoms in total. The minimum absolute atomic E-state index is 0.171. The first-order valence-electron chi connectivity index (χ1n) is 8.25. The SMILES string of the molecule is C[C@H]1CC[C@@H](CO)CN1C(=O)C1(c2ccc(Cl)cc2)CCC1. The largest absolute Gasteiger partial charge is 0.396 e. The van der Waals surface area contributed by atoms with E-state index < -0.39 is 0 Å². The van der Waals surface area contributed by atoms with Gasteiger partial charge in [0.1, 0.15) is 0 Å². The number of rotatable bonds is 3. The van der Waals surface area contributed by atoms with Crippen molar-refractivity contribution < 1.29 is 9.90 Å². The molecule has 1 aliphatic heterocycles. The number of amides is 1. The zero-order valence-corrected chi connectivity index (χ0v) is 13.9. The van der Waals surface area contributed by atoms with E-state index in [1.54, 1.807) is 0 Å². The van der Waals surface area contributed by atoms with Gasteiger partial charge in [-0.2, -0.15) is 0 Å². The second-order valence-corrected chi connectivity index (χ2v) is 7.31. The van der Waals surface area contributed by atoms with Gasteiger partial charge in [0.25, 0.3) is 0 Å². The van der Waals surface area contributed by atoms with Gasteiger partial charge in [0, 0.05) is 24.2 Å². The van der Waals surface area contributed by atoms with Crippen LogP contribution in [0.25, 0.3) is 0 Å². The van der Waals surface area contributed by atoms with Gasteiger partial charge in [0.2, 0.25) is 5.91 Å². The van der Waals surface area contributed by atoms with E-state index in [1.807, 2.05) is 29.2 Å². The molecule has 2 fully saturated rings. The van der Waals surface area contributed by atoms with Crippen LogP contribution in [-0.4, -0.2) is 35.1 Å². The van der Waals surface area contributed by atoms with Gasteiger partial charge in [-0.3, -0.25) is 4.79 Å². The number of aliphatic hydroxyl groups excluding tert-OH is 1. The van der Waals surface area contributed by atoms with Gasteiger partial charge in [-0.05, 0) is 56.2 Å². The van der Waals surface area contributed by atoms with Crippen molar-refractivity contribution in [1.29, 1.82) is 0 Å². The van der Waals surface area contributed by atoms with Gasteiger partial charge in [-0.1, -0.05) is 30.2 Å². The molecule has 1 amide bonds. The summed E-state index contributed by atoms with van der Waals surface area (Å²) in [5, 5.41) is 10.2. The summed E-state index contributed by atoms with van der Waals surface area (Å²) in [5.41, 5.74) is 0.724. The minimum Gasteiger partial charge on any atom is -0.396 e. The molecule has 2 atom stereocenters. The van der Waals surface area contributed by atoms with Gasteiger partial charge < -0.3 is 10.0 Å². The van der Waals surface area contributed by atoms with Crippen LogP contribution in [-0.2, 0) is 10.2 Å². The Morgan fingerprint density at radius 1 is 1.32 bits per heavy atom. The van der Waals surface area contributed by atoms with Crippen molar-refractivity contribution in [1.82, 2.24) is 4.90 Å². The molecular weight excluding hydrogens is 298 g/mol. The smallest absolute Gasteiger partial charge is 0.233 e. The lowest BCUT2D eigenvalue weighted by Crippen LogP contribution is -2.56. The molecule has 0 spiro atoms. The second-order valence-electron chi connectivity index (χ2n) is 6.88. The molecule has 1 N–H and O–H groups in total. The summed E-state index contributed by atoms with van der Waals surface area (Å²) < 4.78 is 0. The molecule has 1 aromatic rings. The van der Waals surface area contributed by atoms with Crippen molar-refractivity contribution in [3.63, 3.8) is 0 Å². The van der Waals surface area contributed by atoms with E-state index in [2.05, 4.69) is 6.92 Å². The van der Waals surface area contributed by atoms with E-state index in [-0.39, 0.29) is 29.9 Å². The zero-order chi connectivity index (χ0) is 15.7. The van der Waals surface area contributed by atoms with Crippen LogP contribution in [0.1, 0.15) is 44.6 Å². The van der Waals surface area contributed by atoms with E-state index in [0.717, 1.165) is 37.7 Å². The van der Waals surface area contributed by atoms with Crippen molar-refractivity contribution >= 4 is 17.5 Å². The Balaban J connectivity index is 1.86. The Morgan fingerprint density at radius 3 is 2.55 bits per heavy atom. The fraction of sp³-hybridized carbons (Fsp3) is 0.611. The number of hydrogen-bond donors (Lipinski definition) is 1. The Morgan fingerprint density at radius 2 is 2.00 bits per heavy atom. The van der Waals surface area contributed by atoms with Crippen LogP contribution in [0.15, 0.2) is 24.3 Å². The molecule has 1 aromatic carbocycles. The van der Waals surface area contributed by atoms with Gasteiger partial charge in [-0.25, -0.2) is 0 Å². The third-order valence-electron chi connectivity index (χ3n) is 5.51. The molecule has 1 heterocycles. The van der Waals surface area contributed by atoms with Crippen LogP contribution in [0, 0.1) is 5.92 Å². The fourth-order valence-electron chi connectivity index (χ4n) is 3.81. The Labute approximate surface area is 137 Å². The molecule has 22 heavy (non-hydrogen) atoms. The van der Waals surface area contributed by atoms with Crippen molar-refractivity contribution in [2.24, 2.45) is 5.92 Å². The van der Waals surface area contributed by atoms with E-state index >= 15 is 0 Å². The lowest BCUT2D eigenvalue weighted by Gasteiger charge is -2.48. The van der Waals surface area contributed by atoms with E-state index in [1.165, 1.54) is 0 Å². The number of likely N-dealkylation sites (tertiary alicyclic amines) is 1.